The van der Waals surface area contributed by atoms with Gasteiger partial charge in [-0.2, -0.15) is 0 Å². The minimum atomic E-state index is -0.679. The smallest absolute Gasteiger partial charge is 0.323 e. The summed E-state index contributed by atoms with van der Waals surface area (Å²) in [6.45, 7) is 10.9. The Kier molecular flexibility index (Phi) is 4.78. The second-order valence-corrected chi connectivity index (χ2v) is 6.79. The van der Waals surface area contributed by atoms with Crippen molar-refractivity contribution in [2.24, 2.45) is 0 Å². The zero-order valence-corrected chi connectivity index (χ0v) is 12.3. The molecule has 0 aliphatic carbocycles. The molecule has 0 aromatic carbocycles. The van der Waals surface area contributed by atoms with Crippen LogP contribution in [0, 0.1) is 0 Å². The predicted molar refractivity (Wildman–Crippen MR) is 71.4 cm³/mol. The first-order valence-corrected chi connectivity index (χ1v) is 6.78. The number of carbonyl (C=O) groups is 1. The van der Waals surface area contributed by atoms with Crippen LogP contribution in [0.25, 0.3) is 0 Å². The van der Waals surface area contributed by atoms with Gasteiger partial charge in [0, 0.05) is 6.54 Å². The molecular weight excluding hydrogens is 230 g/mol. The number of carbonyl (C=O) groups excluding carboxylic acids is 1. The number of ether oxygens (including phenoxy) is 1. The molecule has 0 saturated carbocycles. The van der Waals surface area contributed by atoms with E-state index in [0.717, 1.165) is 25.9 Å². The van der Waals surface area contributed by atoms with E-state index in [1.54, 1.807) is 13.8 Å². The zero-order chi connectivity index (χ0) is 14.0. The number of rotatable bonds is 4. The number of hydrogen-bond acceptors (Lipinski definition) is 4. The summed E-state index contributed by atoms with van der Waals surface area (Å²) in [6.07, 6.45) is 2.56. The number of aliphatic hydroxyl groups is 1. The van der Waals surface area contributed by atoms with Crippen LogP contribution >= 0.6 is 0 Å². The molecule has 1 aliphatic rings. The molecule has 0 unspecified atom stereocenters. The number of hydrogen-bond donors (Lipinski definition) is 1. The lowest BCUT2D eigenvalue weighted by Crippen LogP contribution is -2.42. The van der Waals surface area contributed by atoms with Crippen molar-refractivity contribution in [2.75, 3.05) is 13.1 Å². The van der Waals surface area contributed by atoms with Gasteiger partial charge in [-0.3, -0.25) is 9.69 Å². The number of nitrogens with zero attached hydrogens (tertiary/aromatic N) is 1. The molecule has 1 aliphatic heterocycles. The first-order valence-electron chi connectivity index (χ1n) is 6.78. The minimum absolute atomic E-state index is 0.129. The topological polar surface area (TPSA) is 49.8 Å². The summed E-state index contributed by atoms with van der Waals surface area (Å²) >= 11 is 0. The van der Waals surface area contributed by atoms with E-state index >= 15 is 0 Å². The molecule has 0 spiro atoms. The Hall–Kier alpha value is -0.610. The summed E-state index contributed by atoms with van der Waals surface area (Å²) in [4.78, 5) is 14.2. The van der Waals surface area contributed by atoms with Gasteiger partial charge in [-0.25, -0.2) is 0 Å². The highest BCUT2D eigenvalue weighted by Gasteiger charge is 2.34. The molecule has 106 valence electrons. The predicted octanol–water partition coefficient (Wildman–Crippen LogP) is 1.95. The summed E-state index contributed by atoms with van der Waals surface area (Å²) in [5.74, 6) is -0.129. The Morgan fingerprint density at radius 3 is 2.44 bits per heavy atom. The van der Waals surface area contributed by atoms with E-state index in [-0.39, 0.29) is 12.0 Å². The van der Waals surface area contributed by atoms with Crippen LogP contribution in [-0.2, 0) is 9.53 Å². The maximum absolute atomic E-state index is 12.1. The molecule has 1 N–H and O–H groups in total. The van der Waals surface area contributed by atoms with E-state index < -0.39 is 11.2 Å². The van der Waals surface area contributed by atoms with E-state index in [1.165, 1.54) is 0 Å². The summed E-state index contributed by atoms with van der Waals surface area (Å²) < 4.78 is 5.44. The second-order valence-electron chi connectivity index (χ2n) is 6.79. The second kappa shape index (κ2) is 5.57. The molecule has 4 heteroatoms. The van der Waals surface area contributed by atoms with Crippen LogP contribution in [0.15, 0.2) is 0 Å². The van der Waals surface area contributed by atoms with Gasteiger partial charge in [0.25, 0.3) is 0 Å². The van der Waals surface area contributed by atoms with Crippen molar-refractivity contribution in [3.05, 3.63) is 0 Å². The quantitative estimate of drug-likeness (QED) is 0.782. The molecule has 0 amide bonds. The Labute approximate surface area is 110 Å². The van der Waals surface area contributed by atoms with Crippen molar-refractivity contribution < 1.29 is 14.6 Å². The Balaban J connectivity index is 2.51. The van der Waals surface area contributed by atoms with Gasteiger partial charge < -0.3 is 9.84 Å². The van der Waals surface area contributed by atoms with E-state index in [2.05, 4.69) is 4.90 Å². The van der Waals surface area contributed by atoms with Crippen molar-refractivity contribution in [1.29, 1.82) is 0 Å². The van der Waals surface area contributed by atoms with Gasteiger partial charge in [-0.1, -0.05) is 0 Å². The van der Waals surface area contributed by atoms with E-state index in [4.69, 9.17) is 4.74 Å². The van der Waals surface area contributed by atoms with E-state index in [1.807, 2.05) is 20.8 Å². The van der Waals surface area contributed by atoms with E-state index in [0.29, 0.717) is 6.42 Å². The highest BCUT2D eigenvalue weighted by Crippen LogP contribution is 2.22. The van der Waals surface area contributed by atoms with Gasteiger partial charge in [0.15, 0.2) is 0 Å². The molecule has 0 bridgehead atoms. The van der Waals surface area contributed by atoms with Crippen LogP contribution in [0.3, 0.4) is 0 Å². The fourth-order valence-electron chi connectivity index (χ4n) is 2.15. The standard InChI is InChI=1S/C14H27NO3/c1-13(2,3)18-12(16)11-7-6-9-15(11)10-8-14(4,5)17/h11,17H,6-10H2,1-5H3/t11-/m1/s1. The summed E-state index contributed by atoms with van der Waals surface area (Å²) in [5, 5.41) is 9.75. The molecule has 0 aromatic heterocycles. The lowest BCUT2D eigenvalue weighted by molar-refractivity contribution is -0.160. The summed E-state index contributed by atoms with van der Waals surface area (Å²) in [5.41, 5.74) is -1.11. The zero-order valence-electron chi connectivity index (χ0n) is 12.3. The number of likely N-dealkylation sites (tertiary alicyclic amines) is 1. The first kappa shape index (κ1) is 15.4. The third-order valence-corrected chi connectivity index (χ3v) is 3.05. The van der Waals surface area contributed by atoms with Crippen molar-refractivity contribution in [1.82, 2.24) is 4.90 Å². The van der Waals surface area contributed by atoms with Crippen molar-refractivity contribution in [2.45, 2.75) is 71.1 Å². The lowest BCUT2D eigenvalue weighted by atomic mass is 10.1. The summed E-state index contributed by atoms with van der Waals surface area (Å²) in [6, 6.07) is -0.133. The van der Waals surface area contributed by atoms with Crippen LogP contribution in [0.4, 0.5) is 0 Å². The van der Waals surface area contributed by atoms with Gasteiger partial charge in [0.05, 0.1) is 5.60 Å². The third-order valence-electron chi connectivity index (χ3n) is 3.05. The average Bonchev–Trinajstić information content (AvgIpc) is 2.58. The molecule has 1 rings (SSSR count). The monoisotopic (exact) mass is 257 g/mol. The molecule has 0 radical (unpaired) electrons. The largest absolute Gasteiger partial charge is 0.459 e. The molecule has 1 heterocycles. The fourth-order valence-corrected chi connectivity index (χ4v) is 2.15. The van der Waals surface area contributed by atoms with Gasteiger partial charge in [0.1, 0.15) is 11.6 Å². The molecule has 0 aromatic rings. The lowest BCUT2D eigenvalue weighted by Gasteiger charge is -2.29. The van der Waals surface area contributed by atoms with Crippen LogP contribution < -0.4 is 0 Å². The van der Waals surface area contributed by atoms with Crippen LogP contribution in [0.5, 0.6) is 0 Å². The normalized spacial score (nSPS) is 22.2. The highest BCUT2D eigenvalue weighted by molar-refractivity contribution is 5.76. The van der Waals surface area contributed by atoms with Crippen molar-refractivity contribution >= 4 is 5.97 Å². The molecule has 1 fully saturated rings. The van der Waals surface area contributed by atoms with Gasteiger partial charge in [-0.15, -0.1) is 0 Å². The Morgan fingerprint density at radius 1 is 1.33 bits per heavy atom. The van der Waals surface area contributed by atoms with Crippen molar-refractivity contribution in [3.63, 3.8) is 0 Å². The molecular formula is C14H27NO3. The molecule has 4 nitrogen and oxygen atoms in total. The molecule has 18 heavy (non-hydrogen) atoms. The van der Waals surface area contributed by atoms with Crippen LogP contribution in [0.1, 0.15) is 53.9 Å². The maximum atomic E-state index is 12.1. The molecule has 1 atom stereocenters. The molecule has 1 saturated heterocycles. The van der Waals surface area contributed by atoms with Gasteiger partial charge in [0.2, 0.25) is 0 Å². The SMILES string of the molecule is CC(C)(O)CCN1CCC[C@@H]1C(=O)OC(C)(C)C. The first-order chi connectivity index (χ1) is 8.08. The highest BCUT2D eigenvalue weighted by atomic mass is 16.6. The van der Waals surface area contributed by atoms with Crippen LogP contribution in [0.2, 0.25) is 0 Å². The third kappa shape index (κ3) is 5.36. The van der Waals surface area contributed by atoms with E-state index in [9.17, 15) is 9.90 Å². The van der Waals surface area contributed by atoms with Gasteiger partial charge in [-0.05, 0) is 60.4 Å². The summed E-state index contributed by atoms with van der Waals surface area (Å²) in [7, 11) is 0. The Bertz CT molecular complexity index is 288. The van der Waals surface area contributed by atoms with Crippen LogP contribution in [-0.4, -0.2) is 46.3 Å². The maximum Gasteiger partial charge on any atom is 0.323 e. The number of esters is 1. The Morgan fingerprint density at radius 2 is 1.94 bits per heavy atom. The van der Waals surface area contributed by atoms with Gasteiger partial charge >= 0.3 is 5.97 Å². The fraction of sp³-hybridized carbons (Fsp3) is 0.929. The average molecular weight is 257 g/mol. The minimum Gasteiger partial charge on any atom is -0.459 e. The van der Waals surface area contributed by atoms with Crippen molar-refractivity contribution in [3.8, 4) is 0 Å².